The molecule has 0 unspecified atom stereocenters. The van der Waals surface area contributed by atoms with Crippen LogP contribution in [0.3, 0.4) is 0 Å². The first-order chi connectivity index (χ1) is 8.47. The summed E-state index contributed by atoms with van der Waals surface area (Å²) in [4.78, 5) is 0. The van der Waals surface area contributed by atoms with Crippen LogP contribution in [-0.4, -0.2) is 13.1 Å². The lowest BCUT2D eigenvalue weighted by Crippen LogP contribution is -2.31. The lowest BCUT2D eigenvalue weighted by molar-refractivity contribution is 0.225. The van der Waals surface area contributed by atoms with Crippen molar-refractivity contribution in [2.75, 3.05) is 13.1 Å². The van der Waals surface area contributed by atoms with Gasteiger partial charge < -0.3 is 5.32 Å². The smallest absolute Gasteiger partial charge is 0.00462 e. The zero-order valence-corrected chi connectivity index (χ0v) is 11.6. The van der Waals surface area contributed by atoms with E-state index in [4.69, 9.17) is 0 Å². The summed E-state index contributed by atoms with van der Waals surface area (Å²) in [6.07, 6.45) is 18.0. The summed E-state index contributed by atoms with van der Waals surface area (Å²) >= 11 is 0. The van der Waals surface area contributed by atoms with Gasteiger partial charge in [-0.2, -0.15) is 0 Å². The number of piperidine rings is 1. The molecule has 1 N–H and O–H groups in total. The minimum Gasteiger partial charge on any atom is -0.317 e. The molecule has 1 heterocycles. The van der Waals surface area contributed by atoms with Crippen molar-refractivity contribution in [3.05, 3.63) is 0 Å². The summed E-state index contributed by atoms with van der Waals surface area (Å²) < 4.78 is 0. The van der Waals surface area contributed by atoms with Crippen LogP contribution in [0.1, 0.15) is 77.0 Å². The van der Waals surface area contributed by atoms with Crippen LogP contribution in [0.5, 0.6) is 0 Å². The van der Waals surface area contributed by atoms with Crippen molar-refractivity contribution in [2.45, 2.75) is 77.0 Å². The first kappa shape index (κ1) is 13.4. The summed E-state index contributed by atoms with van der Waals surface area (Å²) in [5.74, 6) is 2.12. The largest absolute Gasteiger partial charge is 0.317 e. The van der Waals surface area contributed by atoms with Gasteiger partial charge in [-0.25, -0.2) is 0 Å². The molecule has 1 nitrogen and oxygen atoms in total. The second kappa shape index (κ2) is 8.13. The average Bonchev–Trinajstić information content (AvgIpc) is 2.45. The summed E-state index contributed by atoms with van der Waals surface area (Å²) in [5, 5.41) is 3.51. The molecule has 0 bridgehead atoms. The van der Waals surface area contributed by atoms with E-state index in [1.165, 1.54) is 90.1 Å². The molecule has 2 aliphatic rings. The molecule has 1 aliphatic heterocycles. The minimum atomic E-state index is 1.05. The van der Waals surface area contributed by atoms with E-state index in [-0.39, 0.29) is 0 Å². The fraction of sp³-hybridized carbons (Fsp3) is 1.00. The lowest BCUT2D eigenvalue weighted by Gasteiger charge is -2.31. The molecule has 0 aromatic heterocycles. The molecule has 1 aliphatic carbocycles. The van der Waals surface area contributed by atoms with E-state index < -0.39 is 0 Å². The number of hydrogen-bond donors (Lipinski definition) is 1. The van der Waals surface area contributed by atoms with Crippen molar-refractivity contribution in [1.82, 2.24) is 5.32 Å². The lowest BCUT2D eigenvalue weighted by atomic mass is 9.79. The second-order valence-electron chi connectivity index (χ2n) is 6.25. The Morgan fingerprint density at radius 2 is 0.882 bits per heavy atom. The quantitative estimate of drug-likeness (QED) is 0.707. The van der Waals surface area contributed by atoms with E-state index >= 15 is 0 Å². The molecule has 0 aromatic carbocycles. The van der Waals surface area contributed by atoms with Gasteiger partial charge in [0, 0.05) is 0 Å². The molecule has 0 amide bonds. The Morgan fingerprint density at radius 1 is 0.471 bits per heavy atom. The monoisotopic (exact) mass is 237 g/mol. The van der Waals surface area contributed by atoms with Crippen LogP contribution in [0.15, 0.2) is 0 Å². The Bertz CT molecular complexity index is 172. The van der Waals surface area contributed by atoms with Gasteiger partial charge >= 0.3 is 0 Å². The highest BCUT2D eigenvalue weighted by atomic mass is 14.9. The molecule has 100 valence electrons. The summed E-state index contributed by atoms with van der Waals surface area (Å²) in [5.41, 5.74) is 0. The maximum atomic E-state index is 3.51. The van der Waals surface area contributed by atoms with Crippen LogP contribution < -0.4 is 5.32 Å². The third-order valence-electron chi connectivity index (χ3n) is 4.95. The third kappa shape index (κ3) is 4.99. The summed E-state index contributed by atoms with van der Waals surface area (Å²) in [6.45, 7) is 2.56. The highest BCUT2D eigenvalue weighted by Crippen LogP contribution is 2.31. The predicted molar refractivity (Wildman–Crippen MR) is 75.3 cm³/mol. The van der Waals surface area contributed by atoms with Crippen LogP contribution in [0, 0.1) is 11.8 Å². The fourth-order valence-corrected chi connectivity index (χ4v) is 3.81. The van der Waals surface area contributed by atoms with Crippen molar-refractivity contribution in [2.24, 2.45) is 11.8 Å². The van der Waals surface area contributed by atoms with Crippen molar-refractivity contribution in [1.29, 1.82) is 0 Å². The number of nitrogens with one attached hydrogen (secondary N) is 1. The molecule has 1 saturated carbocycles. The summed E-state index contributed by atoms with van der Waals surface area (Å²) in [6, 6.07) is 0. The summed E-state index contributed by atoms with van der Waals surface area (Å²) in [7, 11) is 0. The molecule has 17 heavy (non-hydrogen) atoms. The van der Waals surface area contributed by atoms with Crippen LogP contribution in [0.25, 0.3) is 0 Å². The topological polar surface area (TPSA) is 12.0 Å². The standard InChI is InChI=1S/C16H31N/c1-2-4-6-8-10-15(9-7-5-3-1)16-11-13-17-14-12-16/h15-17H,1-14H2. The molecular weight excluding hydrogens is 206 g/mol. The van der Waals surface area contributed by atoms with E-state index in [9.17, 15) is 0 Å². The Balaban J connectivity index is 1.78. The highest BCUT2D eigenvalue weighted by Gasteiger charge is 2.22. The molecule has 2 rings (SSSR count). The zero-order chi connectivity index (χ0) is 11.8. The SMILES string of the molecule is C1CCCCCC(C2CCNCC2)CCCC1. The zero-order valence-electron chi connectivity index (χ0n) is 11.6. The van der Waals surface area contributed by atoms with Gasteiger partial charge in [0.05, 0.1) is 0 Å². The van der Waals surface area contributed by atoms with Gasteiger partial charge in [0.1, 0.15) is 0 Å². The van der Waals surface area contributed by atoms with Crippen molar-refractivity contribution in [3.8, 4) is 0 Å². The highest BCUT2D eigenvalue weighted by molar-refractivity contribution is 4.76. The van der Waals surface area contributed by atoms with Crippen LogP contribution >= 0.6 is 0 Å². The van der Waals surface area contributed by atoms with Crippen LogP contribution in [0.4, 0.5) is 0 Å². The van der Waals surface area contributed by atoms with E-state index in [2.05, 4.69) is 5.32 Å². The first-order valence-corrected chi connectivity index (χ1v) is 8.17. The fourth-order valence-electron chi connectivity index (χ4n) is 3.81. The second-order valence-corrected chi connectivity index (χ2v) is 6.25. The Kier molecular flexibility index (Phi) is 6.41. The first-order valence-electron chi connectivity index (χ1n) is 8.17. The normalized spacial score (nSPS) is 27.5. The maximum Gasteiger partial charge on any atom is -0.00462 e. The van der Waals surface area contributed by atoms with E-state index in [0.717, 1.165) is 11.8 Å². The average molecular weight is 237 g/mol. The van der Waals surface area contributed by atoms with Gasteiger partial charge in [-0.05, 0) is 37.8 Å². The van der Waals surface area contributed by atoms with Gasteiger partial charge in [0.15, 0.2) is 0 Å². The van der Waals surface area contributed by atoms with Crippen molar-refractivity contribution >= 4 is 0 Å². The van der Waals surface area contributed by atoms with E-state index in [0.29, 0.717) is 0 Å². The van der Waals surface area contributed by atoms with Crippen LogP contribution in [0.2, 0.25) is 0 Å². The van der Waals surface area contributed by atoms with Crippen molar-refractivity contribution in [3.63, 3.8) is 0 Å². The Morgan fingerprint density at radius 3 is 1.41 bits per heavy atom. The Hall–Kier alpha value is -0.0400. The van der Waals surface area contributed by atoms with Gasteiger partial charge in [-0.3, -0.25) is 0 Å². The number of hydrogen-bond acceptors (Lipinski definition) is 1. The molecule has 1 heteroatoms. The van der Waals surface area contributed by atoms with Crippen molar-refractivity contribution < 1.29 is 0 Å². The van der Waals surface area contributed by atoms with Crippen LogP contribution in [-0.2, 0) is 0 Å². The van der Waals surface area contributed by atoms with Gasteiger partial charge in [0.25, 0.3) is 0 Å². The van der Waals surface area contributed by atoms with E-state index in [1.54, 1.807) is 0 Å². The number of rotatable bonds is 1. The molecule has 1 saturated heterocycles. The van der Waals surface area contributed by atoms with Gasteiger partial charge in [0.2, 0.25) is 0 Å². The van der Waals surface area contributed by atoms with Gasteiger partial charge in [-0.1, -0.05) is 64.2 Å². The molecule has 2 fully saturated rings. The molecule has 0 radical (unpaired) electrons. The molecule has 0 atom stereocenters. The molecular formula is C16H31N. The van der Waals surface area contributed by atoms with Gasteiger partial charge in [-0.15, -0.1) is 0 Å². The molecule has 0 spiro atoms. The van der Waals surface area contributed by atoms with E-state index in [1.807, 2.05) is 0 Å². The minimum absolute atomic E-state index is 1.05. The third-order valence-corrected chi connectivity index (χ3v) is 4.95. The maximum absolute atomic E-state index is 3.51. The predicted octanol–water partition coefficient (Wildman–Crippen LogP) is 4.52. The molecule has 0 aromatic rings. The Labute approximate surface area is 108 Å².